The van der Waals surface area contributed by atoms with Crippen molar-refractivity contribution < 1.29 is 18.8 Å². The number of carbonyl (C=O) groups is 1. The van der Waals surface area contributed by atoms with Crippen LogP contribution in [0.3, 0.4) is 0 Å². The first-order valence-corrected chi connectivity index (χ1v) is 8.02. The average molecular weight is 333 g/mol. The molecule has 0 fully saturated rings. The topological polar surface area (TPSA) is 61.6 Å². The maximum Gasteiger partial charge on any atom is 0.341 e. The van der Waals surface area contributed by atoms with Crippen molar-refractivity contribution >= 4 is 23.3 Å². The Kier molecular flexibility index (Phi) is 5.87. The van der Waals surface area contributed by atoms with Crippen LogP contribution >= 0.6 is 11.8 Å². The highest BCUT2D eigenvalue weighted by Gasteiger charge is 2.18. The van der Waals surface area contributed by atoms with Gasteiger partial charge in [-0.15, -0.1) is 11.8 Å². The van der Waals surface area contributed by atoms with Crippen molar-refractivity contribution in [3.63, 3.8) is 0 Å². The minimum Gasteiger partial charge on any atom is -0.503 e. The number of nitrogens with zero attached hydrogens (tertiary/aromatic N) is 1. The SMILES string of the molecule is COC=C(C(=O)OC)c1ccccc1SCc1c(C)noc1C. The fraction of sp³-hybridized carbons (Fsp3) is 0.294. The largest absolute Gasteiger partial charge is 0.503 e. The van der Waals surface area contributed by atoms with Crippen molar-refractivity contribution in [2.45, 2.75) is 24.5 Å². The van der Waals surface area contributed by atoms with Gasteiger partial charge in [0.05, 0.1) is 26.2 Å². The molecule has 0 saturated carbocycles. The maximum absolute atomic E-state index is 12.0. The average Bonchev–Trinajstić information content (AvgIpc) is 2.89. The van der Waals surface area contributed by atoms with Crippen molar-refractivity contribution in [2.24, 2.45) is 0 Å². The fourth-order valence-corrected chi connectivity index (χ4v) is 3.34. The molecule has 0 aliphatic rings. The highest BCUT2D eigenvalue weighted by molar-refractivity contribution is 7.98. The van der Waals surface area contributed by atoms with Crippen LogP contribution in [0.1, 0.15) is 22.6 Å². The van der Waals surface area contributed by atoms with Crippen LogP contribution in [0.25, 0.3) is 5.57 Å². The number of ether oxygens (including phenoxy) is 2. The van der Waals surface area contributed by atoms with Crippen molar-refractivity contribution in [3.05, 3.63) is 53.1 Å². The van der Waals surface area contributed by atoms with Crippen LogP contribution in [0.15, 0.2) is 39.9 Å². The van der Waals surface area contributed by atoms with E-state index in [0.717, 1.165) is 27.5 Å². The number of aromatic nitrogens is 1. The van der Waals surface area contributed by atoms with Gasteiger partial charge in [-0.25, -0.2) is 4.79 Å². The minimum atomic E-state index is -0.433. The quantitative estimate of drug-likeness (QED) is 0.347. The molecule has 6 heteroatoms. The molecule has 5 nitrogen and oxygen atoms in total. The second-order valence-corrected chi connectivity index (χ2v) is 5.86. The second-order valence-electron chi connectivity index (χ2n) is 4.85. The van der Waals surface area contributed by atoms with Gasteiger partial charge in [-0.1, -0.05) is 23.4 Å². The monoisotopic (exact) mass is 333 g/mol. The number of methoxy groups -OCH3 is 2. The van der Waals surface area contributed by atoms with E-state index in [9.17, 15) is 4.79 Å². The molecule has 0 saturated heterocycles. The Balaban J connectivity index is 2.30. The summed E-state index contributed by atoms with van der Waals surface area (Å²) in [6, 6.07) is 7.64. The molecule has 0 bridgehead atoms. The van der Waals surface area contributed by atoms with Gasteiger partial charge in [0, 0.05) is 21.8 Å². The van der Waals surface area contributed by atoms with Gasteiger partial charge in [0.1, 0.15) is 11.3 Å². The zero-order valence-corrected chi connectivity index (χ0v) is 14.4. The van der Waals surface area contributed by atoms with Crippen LogP contribution in [-0.2, 0) is 20.0 Å². The summed E-state index contributed by atoms with van der Waals surface area (Å²) in [7, 11) is 2.86. The molecule has 2 rings (SSSR count). The summed E-state index contributed by atoms with van der Waals surface area (Å²) in [4.78, 5) is 13.0. The van der Waals surface area contributed by atoms with Gasteiger partial charge in [-0.2, -0.15) is 0 Å². The molecule has 0 radical (unpaired) electrons. The van der Waals surface area contributed by atoms with E-state index < -0.39 is 5.97 Å². The Bertz CT molecular complexity index is 702. The zero-order valence-electron chi connectivity index (χ0n) is 13.6. The van der Waals surface area contributed by atoms with E-state index in [1.165, 1.54) is 20.5 Å². The molecule has 0 aliphatic carbocycles. The summed E-state index contributed by atoms with van der Waals surface area (Å²) >= 11 is 1.61. The Labute approximate surface area is 139 Å². The third kappa shape index (κ3) is 3.96. The lowest BCUT2D eigenvalue weighted by molar-refractivity contribution is -0.133. The molecule has 0 unspecified atom stereocenters. The smallest absolute Gasteiger partial charge is 0.341 e. The summed E-state index contributed by atoms with van der Waals surface area (Å²) in [5, 5.41) is 3.96. The van der Waals surface area contributed by atoms with Gasteiger partial charge in [0.2, 0.25) is 0 Å². The van der Waals surface area contributed by atoms with Crippen molar-refractivity contribution in [2.75, 3.05) is 14.2 Å². The van der Waals surface area contributed by atoms with Crippen LogP contribution in [0.2, 0.25) is 0 Å². The van der Waals surface area contributed by atoms with Gasteiger partial charge in [0.15, 0.2) is 0 Å². The van der Waals surface area contributed by atoms with E-state index in [4.69, 9.17) is 14.0 Å². The molecule has 0 spiro atoms. The van der Waals surface area contributed by atoms with Crippen molar-refractivity contribution in [1.29, 1.82) is 0 Å². The molecular formula is C17H19NO4S. The van der Waals surface area contributed by atoms with E-state index in [1.807, 2.05) is 38.1 Å². The summed E-state index contributed by atoms with van der Waals surface area (Å²) in [5.41, 5.74) is 3.11. The van der Waals surface area contributed by atoms with Crippen LogP contribution in [0.4, 0.5) is 0 Å². The Morgan fingerprint density at radius 1 is 1.30 bits per heavy atom. The van der Waals surface area contributed by atoms with Gasteiger partial charge in [-0.05, 0) is 19.9 Å². The predicted octanol–water partition coefficient (Wildman–Crippen LogP) is 3.74. The highest BCUT2D eigenvalue weighted by atomic mass is 32.2. The number of hydrogen-bond acceptors (Lipinski definition) is 6. The summed E-state index contributed by atoms with van der Waals surface area (Å²) in [6.45, 7) is 3.81. The lowest BCUT2D eigenvalue weighted by Crippen LogP contribution is -2.05. The van der Waals surface area contributed by atoms with Gasteiger partial charge < -0.3 is 14.0 Å². The lowest BCUT2D eigenvalue weighted by atomic mass is 10.1. The summed E-state index contributed by atoms with van der Waals surface area (Å²) < 4.78 is 15.1. The number of esters is 1. The fourth-order valence-electron chi connectivity index (χ4n) is 2.12. The molecule has 23 heavy (non-hydrogen) atoms. The van der Waals surface area contributed by atoms with Crippen LogP contribution in [0, 0.1) is 13.8 Å². The first kappa shape index (κ1) is 17.1. The number of hydrogen-bond donors (Lipinski definition) is 0. The van der Waals surface area contributed by atoms with Gasteiger partial charge >= 0.3 is 5.97 Å². The number of rotatable bonds is 6. The molecule has 2 aromatic rings. The first-order valence-electron chi connectivity index (χ1n) is 7.03. The summed E-state index contributed by atoms with van der Waals surface area (Å²) in [6.07, 6.45) is 1.40. The normalized spacial score (nSPS) is 11.4. The number of benzene rings is 1. The van der Waals surface area contributed by atoms with Gasteiger partial charge in [0.25, 0.3) is 0 Å². The first-order chi connectivity index (χ1) is 11.1. The zero-order chi connectivity index (χ0) is 16.8. The van der Waals surface area contributed by atoms with Gasteiger partial charge in [-0.3, -0.25) is 0 Å². The van der Waals surface area contributed by atoms with E-state index >= 15 is 0 Å². The molecule has 122 valence electrons. The number of aryl methyl sites for hydroxylation is 2. The molecule has 0 N–H and O–H groups in total. The Morgan fingerprint density at radius 2 is 2.04 bits per heavy atom. The van der Waals surface area contributed by atoms with E-state index in [2.05, 4.69) is 5.16 Å². The van der Waals surface area contributed by atoms with Crippen molar-refractivity contribution in [1.82, 2.24) is 5.16 Å². The lowest BCUT2D eigenvalue weighted by Gasteiger charge is -2.11. The molecule has 0 amide bonds. The van der Waals surface area contributed by atoms with Crippen LogP contribution in [-0.4, -0.2) is 25.3 Å². The Morgan fingerprint density at radius 3 is 2.65 bits per heavy atom. The molecular weight excluding hydrogens is 314 g/mol. The number of thioether (sulfide) groups is 1. The van der Waals surface area contributed by atoms with Crippen LogP contribution in [0.5, 0.6) is 0 Å². The highest BCUT2D eigenvalue weighted by Crippen LogP contribution is 2.32. The Hall–Kier alpha value is -2.21. The van der Waals surface area contributed by atoms with Crippen molar-refractivity contribution in [3.8, 4) is 0 Å². The molecule has 0 atom stereocenters. The maximum atomic E-state index is 12.0. The molecule has 1 aromatic carbocycles. The standard InChI is InChI=1S/C17H19NO4S/c1-11-15(12(2)22-18-11)10-23-16-8-6-5-7-13(16)14(9-20-3)17(19)21-4/h5-9H,10H2,1-4H3. The second kappa shape index (κ2) is 7.87. The molecule has 1 aromatic heterocycles. The minimum absolute atomic E-state index is 0.386. The molecule has 0 aliphatic heterocycles. The van der Waals surface area contributed by atoms with E-state index in [1.54, 1.807) is 11.8 Å². The third-order valence-corrected chi connectivity index (χ3v) is 4.47. The molecule has 1 heterocycles. The van der Waals surface area contributed by atoms with Crippen LogP contribution < -0.4 is 0 Å². The number of carbonyl (C=O) groups excluding carboxylic acids is 1. The third-order valence-electron chi connectivity index (χ3n) is 3.37. The predicted molar refractivity (Wildman–Crippen MR) is 89.0 cm³/mol. The van der Waals surface area contributed by atoms with E-state index in [-0.39, 0.29) is 0 Å². The van der Waals surface area contributed by atoms with E-state index in [0.29, 0.717) is 11.3 Å². The summed E-state index contributed by atoms with van der Waals surface area (Å²) in [5.74, 6) is 1.09.